The van der Waals surface area contributed by atoms with Gasteiger partial charge in [-0.05, 0) is 87.9 Å². The van der Waals surface area contributed by atoms with E-state index in [9.17, 15) is 9.59 Å². The van der Waals surface area contributed by atoms with Crippen LogP contribution in [0.4, 0.5) is 0 Å². The number of carbonyl (C=O) groups excluding carboxylic acids is 2. The SMILES string of the molecule is C=C(CBr)O[C@@H](C)CCC1=C(CC)CC2C(=O)OC(=O)C2[C@H]1/C=C(\CC)C1CCC(C/C=C/CC(C)C)C1(C)C. The average Bonchev–Trinajstić information content (AvgIpc) is 3.36. The maximum atomic E-state index is 13.1. The van der Waals surface area contributed by atoms with E-state index < -0.39 is 5.92 Å². The van der Waals surface area contributed by atoms with Crippen molar-refractivity contribution < 1.29 is 19.1 Å². The van der Waals surface area contributed by atoms with Crippen molar-refractivity contribution in [2.24, 2.45) is 40.9 Å². The minimum Gasteiger partial charge on any atom is -0.495 e. The molecular formula is C35H53BrO4. The van der Waals surface area contributed by atoms with E-state index in [-0.39, 0.29) is 35.3 Å². The van der Waals surface area contributed by atoms with Crippen molar-refractivity contribution in [3.05, 3.63) is 47.3 Å². The number of hydrogen-bond donors (Lipinski definition) is 0. The number of esters is 2. The molecule has 0 radical (unpaired) electrons. The van der Waals surface area contributed by atoms with Gasteiger partial charge in [0.05, 0.1) is 29.0 Å². The van der Waals surface area contributed by atoms with Gasteiger partial charge in [-0.3, -0.25) is 9.59 Å². The van der Waals surface area contributed by atoms with Crippen LogP contribution in [0, 0.1) is 40.9 Å². The quantitative estimate of drug-likeness (QED) is 0.0641. The van der Waals surface area contributed by atoms with E-state index >= 15 is 0 Å². The first-order valence-electron chi connectivity index (χ1n) is 15.7. The molecule has 0 bridgehead atoms. The van der Waals surface area contributed by atoms with Gasteiger partial charge in [-0.15, -0.1) is 0 Å². The van der Waals surface area contributed by atoms with Crippen LogP contribution in [0.25, 0.3) is 0 Å². The largest absolute Gasteiger partial charge is 0.495 e. The summed E-state index contributed by atoms with van der Waals surface area (Å²) in [5.41, 5.74) is 4.27. The third-order valence-corrected chi connectivity index (χ3v) is 10.5. The number of hydrogen-bond acceptors (Lipinski definition) is 4. The number of carbonyl (C=O) groups is 2. The summed E-state index contributed by atoms with van der Waals surface area (Å²) in [4.78, 5) is 25.9. The van der Waals surface area contributed by atoms with Crippen LogP contribution in [0.1, 0.15) is 106 Å². The van der Waals surface area contributed by atoms with Crippen molar-refractivity contribution in [2.75, 3.05) is 5.33 Å². The Hall–Kier alpha value is -1.62. The molecule has 0 aromatic carbocycles. The Morgan fingerprint density at radius 1 is 1.15 bits per heavy atom. The summed E-state index contributed by atoms with van der Waals surface area (Å²) in [6.07, 6.45) is 16.0. The Bertz CT molecular complexity index is 1020. The lowest BCUT2D eigenvalue weighted by molar-refractivity contribution is -0.153. The zero-order valence-electron chi connectivity index (χ0n) is 26.1. The van der Waals surface area contributed by atoms with Gasteiger partial charge in [0, 0.05) is 5.92 Å². The first-order valence-corrected chi connectivity index (χ1v) is 16.8. The molecular weight excluding hydrogens is 564 g/mol. The zero-order valence-corrected chi connectivity index (χ0v) is 27.6. The molecule has 2 aliphatic carbocycles. The third kappa shape index (κ3) is 7.61. The molecule has 1 heterocycles. The summed E-state index contributed by atoms with van der Waals surface area (Å²) < 4.78 is 11.2. The van der Waals surface area contributed by atoms with Crippen molar-refractivity contribution >= 4 is 27.9 Å². The van der Waals surface area contributed by atoms with Crippen LogP contribution >= 0.6 is 15.9 Å². The molecule has 5 heteroatoms. The van der Waals surface area contributed by atoms with Gasteiger partial charge in [0.2, 0.25) is 0 Å². The molecule has 1 aliphatic heterocycles. The van der Waals surface area contributed by atoms with Gasteiger partial charge in [-0.1, -0.05) is 99.0 Å². The second-order valence-corrected chi connectivity index (χ2v) is 13.9. The topological polar surface area (TPSA) is 52.6 Å². The van der Waals surface area contributed by atoms with Gasteiger partial charge in [0.25, 0.3) is 0 Å². The van der Waals surface area contributed by atoms with Gasteiger partial charge in [-0.2, -0.15) is 0 Å². The van der Waals surface area contributed by atoms with Gasteiger partial charge in [0.1, 0.15) is 0 Å². The van der Waals surface area contributed by atoms with Crippen LogP contribution < -0.4 is 0 Å². The van der Waals surface area contributed by atoms with Crippen LogP contribution in [0.2, 0.25) is 0 Å². The molecule has 40 heavy (non-hydrogen) atoms. The lowest BCUT2D eigenvalue weighted by Crippen LogP contribution is -2.33. The Labute approximate surface area is 252 Å². The highest BCUT2D eigenvalue weighted by molar-refractivity contribution is 9.09. The zero-order chi connectivity index (χ0) is 29.6. The number of allylic oxidation sites excluding steroid dienone is 7. The van der Waals surface area contributed by atoms with Gasteiger partial charge in [-0.25, -0.2) is 0 Å². The molecule has 3 aliphatic rings. The van der Waals surface area contributed by atoms with E-state index in [1.807, 2.05) is 0 Å². The summed E-state index contributed by atoms with van der Waals surface area (Å²) in [7, 11) is 0. The number of cyclic esters (lactones) is 2. The lowest BCUT2D eigenvalue weighted by atomic mass is 9.65. The molecule has 0 amide bonds. The van der Waals surface area contributed by atoms with Gasteiger partial charge < -0.3 is 9.47 Å². The summed E-state index contributed by atoms with van der Waals surface area (Å²) >= 11 is 3.42. The van der Waals surface area contributed by atoms with Gasteiger partial charge in [0.15, 0.2) is 0 Å². The molecule has 0 N–H and O–H groups in total. The van der Waals surface area contributed by atoms with Crippen molar-refractivity contribution in [3.8, 4) is 0 Å². The van der Waals surface area contributed by atoms with Crippen molar-refractivity contribution in [2.45, 2.75) is 112 Å². The molecule has 0 aromatic rings. The van der Waals surface area contributed by atoms with E-state index in [1.165, 1.54) is 29.6 Å². The normalized spacial score (nSPS) is 29.3. The summed E-state index contributed by atoms with van der Waals surface area (Å²) in [6.45, 7) is 19.9. The molecule has 6 atom stereocenters. The minimum atomic E-state index is -0.410. The second-order valence-electron chi connectivity index (χ2n) is 13.3. The average molecular weight is 618 g/mol. The van der Waals surface area contributed by atoms with E-state index in [2.05, 4.69) is 89.2 Å². The van der Waals surface area contributed by atoms with Crippen LogP contribution in [-0.2, 0) is 19.1 Å². The lowest BCUT2D eigenvalue weighted by Gasteiger charge is -2.37. The number of halogens is 1. The highest BCUT2D eigenvalue weighted by atomic mass is 79.9. The van der Waals surface area contributed by atoms with Crippen molar-refractivity contribution in [1.82, 2.24) is 0 Å². The summed E-state index contributed by atoms with van der Waals surface area (Å²) in [5.74, 6) is 1.01. The third-order valence-electron chi connectivity index (χ3n) is 9.88. The molecule has 4 unspecified atom stereocenters. The number of rotatable bonds is 14. The van der Waals surface area contributed by atoms with E-state index in [0.29, 0.717) is 29.5 Å². The molecule has 3 rings (SSSR count). The molecule has 0 aromatic heterocycles. The number of alkyl halides is 1. The molecule has 1 saturated carbocycles. The fraction of sp³-hybridized carbons (Fsp3) is 0.714. The van der Waals surface area contributed by atoms with Crippen LogP contribution in [-0.4, -0.2) is 23.4 Å². The van der Waals surface area contributed by atoms with Gasteiger partial charge >= 0.3 is 11.9 Å². The van der Waals surface area contributed by atoms with Crippen LogP contribution in [0.5, 0.6) is 0 Å². The minimum absolute atomic E-state index is 0.0269. The predicted octanol–water partition coefficient (Wildman–Crippen LogP) is 9.50. The molecule has 4 nitrogen and oxygen atoms in total. The fourth-order valence-electron chi connectivity index (χ4n) is 7.48. The first kappa shape index (κ1) is 32.9. The molecule has 1 saturated heterocycles. The maximum Gasteiger partial charge on any atom is 0.318 e. The summed E-state index contributed by atoms with van der Waals surface area (Å²) in [6, 6.07) is 0. The maximum absolute atomic E-state index is 13.1. The highest BCUT2D eigenvalue weighted by Crippen LogP contribution is 2.54. The Kier molecular flexibility index (Phi) is 11.9. The standard InChI is InChI=1S/C35H53BrO4/c1-9-25-19-30-32(34(38)40-33(30)37)29(28(25)17-15-23(5)39-24(6)21-36)20-26(10-2)31-18-16-27(35(31,7)8)14-12-11-13-22(3)4/h11-12,20,22-23,27,29-32H,6,9-10,13-19,21H2,1-5,7-8H3/b12-11+,26-20+/t23-,27?,29-,30?,31?,32?/m0/s1. The molecule has 2 fully saturated rings. The number of ether oxygens (including phenoxy) is 2. The van der Waals surface area contributed by atoms with Crippen LogP contribution in [0.3, 0.4) is 0 Å². The molecule has 224 valence electrons. The summed E-state index contributed by atoms with van der Waals surface area (Å²) in [5, 5.41) is 0.620. The Balaban J connectivity index is 1.92. The van der Waals surface area contributed by atoms with E-state index in [4.69, 9.17) is 9.47 Å². The van der Waals surface area contributed by atoms with E-state index in [0.717, 1.165) is 44.3 Å². The Morgan fingerprint density at radius 3 is 2.50 bits per heavy atom. The monoisotopic (exact) mass is 616 g/mol. The second kappa shape index (κ2) is 14.5. The molecule has 0 spiro atoms. The highest BCUT2D eigenvalue weighted by Gasteiger charge is 2.52. The van der Waals surface area contributed by atoms with Crippen LogP contribution in [0.15, 0.2) is 47.3 Å². The predicted molar refractivity (Wildman–Crippen MR) is 168 cm³/mol. The smallest absolute Gasteiger partial charge is 0.318 e. The van der Waals surface area contributed by atoms with Crippen molar-refractivity contribution in [1.29, 1.82) is 0 Å². The van der Waals surface area contributed by atoms with Crippen molar-refractivity contribution in [3.63, 3.8) is 0 Å². The van der Waals surface area contributed by atoms with E-state index in [1.54, 1.807) is 0 Å². The first-order chi connectivity index (χ1) is 18.9. The fourth-order valence-corrected chi connectivity index (χ4v) is 7.62. The number of fused-ring (bicyclic) bond motifs is 1. The Morgan fingerprint density at radius 2 is 1.88 bits per heavy atom.